The van der Waals surface area contributed by atoms with E-state index in [0.717, 1.165) is 31.9 Å². The fraction of sp³-hybridized carbons (Fsp3) is 0.333. The van der Waals surface area contributed by atoms with Crippen molar-refractivity contribution in [3.63, 3.8) is 0 Å². The lowest BCUT2D eigenvalue weighted by Gasteiger charge is -2.21. The molecular weight excluding hydrogens is 459 g/mol. The number of carbonyl (C=O) groups excluding carboxylic acids is 2. The van der Waals surface area contributed by atoms with Crippen LogP contribution in [0.2, 0.25) is 5.15 Å². The maximum Gasteiger partial charge on any atom is 0.252 e. The molecule has 1 fully saturated rings. The Balaban J connectivity index is 1.48. The molecule has 0 spiro atoms. The molecule has 2 heterocycles. The van der Waals surface area contributed by atoms with Crippen LogP contribution in [0.25, 0.3) is 0 Å². The summed E-state index contributed by atoms with van der Waals surface area (Å²) in [6, 6.07) is 7.29. The van der Waals surface area contributed by atoms with E-state index in [1.807, 2.05) is 0 Å². The summed E-state index contributed by atoms with van der Waals surface area (Å²) in [5.74, 6) is -0.849. The third-order valence-electron chi connectivity index (χ3n) is 5.86. The zero-order chi connectivity index (χ0) is 24.1. The molecule has 2 amide bonds. The zero-order valence-electron chi connectivity index (χ0n) is 18.7. The topological polar surface area (TPSA) is 101 Å². The lowest BCUT2D eigenvalue weighted by molar-refractivity contribution is -0.118. The smallest absolute Gasteiger partial charge is 0.252 e. The maximum atomic E-state index is 14.0. The van der Waals surface area contributed by atoms with Gasteiger partial charge in [0.1, 0.15) is 11.2 Å². The maximum absolute atomic E-state index is 14.0. The van der Waals surface area contributed by atoms with Crippen LogP contribution in [0.4, 0.5) is 21.5 Å². The van der Waals surface area contributed by atoms with Crippen molar-refractivity contribution in [3.8, 4) is 0 Å². The van der Waals surface area contributed by atoms with E-state index in [1.165, 1.54) is 6.07 Å². The summed E-state index contributed by atoms with van der Waals surface area (Å²) < 4.78 is 15.6. The highest BCUT2D eigenvalue weighted by atomic mass is 35.5. The van der Waals surface area contributed by atoms with E-state index in [0.29, 0.717) is 29.3 Å². The van der Waals surface area contributed by atoms with E-state index in [-0.39, 0.29) is 22.7 Å². The summed E-state index contributed by atoms with van der Waals surface area (Å²) in [5, 5.41) is 12.8. The number of nitrogens with zero attached hydrogens (tertiary/aromatic N) is 3. The molecule has 0 unspecified atom stereocenters. The number of benzene rings is 1. The SMILES string of the molecule is Cn1cc(NC(=O)[C@H](CC2CCCC2)NC(=O)c2cccc(Nc3cc(Cl)ncc3F)c2)cn1. The summed E-state index contributed by atoms with van der Waals surface area (Å²) in [4.78, 5) is 29.8. The van der Waals surface area contributed by atoms with Gasteiger partial charge in [0, 0.05) is 30.6 Å². The van der Waals surface area contributed by atoms with Crippen LogP contribution in [0, 0.1) is 11.7 Å². The molecule has 3 aromatic rings. The van der Waals surface area contributed by atoms with E-state index in [9.17, 15) is 14.0 Å². The number of halogens is 2. The van der Waals surface area contributed by atoms with Crippen LogP contribution >= 0.6 is 11.6 Å². The minimum Gasteiger partial charge on any atom is -0.353 e. The van der Waals surface area contributed by atoms with Crippen molar-refractivity contribution in [2.45, 2.75) is 38.1 Å². The number of hydrogen-bond acceptors (Lipinski definition) is 5. The quantitative estimate of drug-likeness (QED) is 0.403. The number of anilines is 3. The van der Waals surface area contributed by atoms with Crippen molar-refractivity contribution in [1.29, 1.82) is 0 Å². The number of aryl methyl sites for hydroxylation is 1. The van der Waals surface area contributed by atoms with E-state index >= 15 is 0 Å². The molecule has 1 atom stereocenters. The van der Waals surface area contributed by atoms with Gasteiger partial charge in [-0.1, -0.05) is 43.4 Å². The highest BCUT2D eigenvalue weighted by molar-refractivity contribution is 6.29. The van der Waals surface area contributed by atoms with Crippen molar-refractivity contribution < 1.29 is 14.0 Å². The van der Waals surface area contributed by atoms with Crippen LogP contribution < -0.4 is 16.0 Å². The minimum absolute atomic E-state index is 0.146. The Morgan fingerprint density at radius 2 is 2.00 bits per heavy atom. The number of aromatic nitrogens is 3. The Labute approximate surface area is 201 Å². The second-order valence-electron chi connectivity index (χ2n) is 8.50. The van der Waals surface area contributed by atoms with Crippen LogP contribution in [0.3, 0.4) is 0 Å². The number of carbonyl (C=O) groups is 2. The number of nitrogens with one attached hydrogen (secondary N) is 3. The highest BCUT2D eigenvalue weighted by Gasteiger charge is 2.27. The standard InChI is InChI=1S/C24H26ClFN6O2/c1-32-14-18(12-28-32)30-24(34)21(9-15-5-2-3-6-15)31-23(33)16-7-4-8-17(10-16)29-20-11-22(25)27-13-19(20)26/h4,7-8,10-15,21H,2-3,5-6,9H2,1H3,(H,27,29)(H,30,34)(H,31,33)/t21-/m0/s1. The molecule has 0 saturated heterocycles. The first kappa shape index (κ1) is 23.7. The first-order valence-corrected chi connectivity index (χ1v) is 11.5. The molecule has 1 aliphatic rings. The summed E-state index contributed by atoms with van der Waals surface area (Å²) in [6.45, 7) is 0. The third-order valence-corrected chi connectivity index (χ3v) is 6.07. The molecule has 3 N–H and O–H groups in total. The van der Waals surface area contributed by atoms with Gasteiger partial charge in [-0.05, 0) is 30.5 Å². The van der Waals surface area contributed by atoms with Gasteiger partial charge in [-0.2, -0.15) is 5.10 Å². The fourth-order valence-corrected chi connectivity index (χ4v) is 4.33. The van der Waals surface area contributed by atoms with Gasteiger partial charge in [-0.25, -0.2) is 9.37 Å². The van der Waals surface area contributed by atoms with E-state index in [4.69, 9.17) is 11.6 Å². The van der Waals surface area contributed by atoms with Gasteiger partial charge in [0.05, 0.1) is 23.8 Å². The zero-order valence-corrected chi connectivity index (χ0v) is 19.5. The lowest BCUT2D eigenvalue weighted by Crippen LogP contribution is -2.44. The Morgan fingerprint density at radius 1 is 1.21 bits per heavy atom. The van der Waals surface area contributed by atoms with Gasteiger partial charge in [0.15, 0.2) is 5.82 Å². The third kappa shape index (κ3) is 6.11. The van der Waals surface area contributed by atoms with Crippen LogP contribution in [0.1, 0.15) is 42.5 Å². The van der Waals surface area contributed by atoms with Crippen LogP contribution in [-0.4, -0.2) is 32.6 Å². The van der Waals surface area contributed by atoms with Crippen molar-refractivity contribution >= 4 is 40.5 Å². The molecule has 1 aromatic carbocycles. The van der Waals surface area contributed by atoms with Gasteiger partial charge >= 0.3 is 0 Å². The van der Waals surface area contributed by atoms with Gasteiger partial charge in [-0.15, -0.1) is 0 Å². The van der Waals surface area contributed by atoms with Crippen molar-refractivity contribution in [2.75, 3.05) is 10.6 Å². The summed E-state index contributed by atoms with van der Waals surface area (Å²) in [6.07, 6.45) is 9.22. The molecule has 1 aliphatic carbocycles. The molecular formula is C24H26ClFN6O2. The first-order chi connectivity index (χ1) is 16.4. The van der Waals surface area contributed by atoms with Gasteiger partial charge < -0.3 is 16.0 Å². The predicted octanol–water partition coefficient (Wildman–Crippen LogP) is 4.67. The molecule has 0 aliphatic heterocycles. The molecule has 2 aromatic heterocycles. The van der Waals surface area contributed by atoms with Crippen LogP contribution in [0.15, 0.2) is 48.9 Å². The molecule has 8 nitrogen and oxygen atoms in total. The highest BCUT2D eigenvalue weighted by Crippen LogP contribution is 2.29. The number of amides is 2. The van der Waals surface area contributed by atoms with E-state index in [2.05, 4.69) is 26.0 Å². The summed E-state index contributed by atoms with van der Waals surface area (Å²) in [7, 11) is 1.76. The van der Waals surface area contributed by atoms with Gasteiger partial charge in [-0.3, -0.25) is 14.3 Å². The number of pyridine rings is 1. The molecule has 4 rings (SSSR count). The molecule has 0 radical (unpaired) electrons. The average molecular weight is 485 g/mol. The molecule has 1 saturated carbocycles. The Bertz CT molecular complexity index is 1180. The van der Waals surface area contributed by atoms with Crippen molar-refractivity contribution in [1.82, 2.24) is 20.1 Å². The molecule has 34 heavy (non-hydrogen) atoms. The molecule has 178 valence electrons. The molecule has 0 bridgehead atoms. The average Bonchev–Trinajstić information content (AvgIpc) is 3.47. The van der Waals surface area contributed by atoms with Gasteiger partial charge in [0.2, 0.25) is 5.91 Å². The van der Waals surface area contributed by atoms with Crippen molar-refractivity contribution in [2.24, 2.45) is 13.0 Å². The van der Waals surface area contributed by atoms with Crippen LogP contribution in [0.5, 0.6) is 0 Å². The normalized spacial score (nSPS) is 14.6. The largest absolute Gasteiger partial charge is 0.353 e. The minimum atomic E-state index is -0.691. The Kier molecular flexibility index (Phi) is 7.42. The van der Waals surface area contributed by atoms with Crippen LogP contribution in [-0.2, 0) is 11.8 Å². The number of rotatable bonds is 8. The van der Waals surface area contributed by atoms with Crippen molar-refractivity contribution in [3.05, 3.63) is 65.5 Å². The van der Waals surface area contributed by atoms with E-state index < -0.39 is 11.9 Å². The van der Waals surface area contributed by atoms with Gasteiger partial charge in [0.25, 0.3) is 5.91 Å². The monoisotopic (exact) mass is 484 g/mol. The number of hydrogen-bond donors (Lipinski definition) is 3. The summed E-state index contributed by atoms with van der Waals surface area (Å²) >= 11 is 5.86. The second-order valence-corrected chi connectivity index (χ2v) is 8.88. The first-order valence-electron chi connectivity index (χ1n) is 11.2. The lowest BCUT2D eigenvalue weighted by atomic mass is 9.97. The molecule has 10 heteroatoms. The summed E-state index contributed by atoms with van der Waals surface area (Å²) in [5.41, 5.74) is 1.56. The second kappa shape index (κ2) is 10.6. The van der Waals surface area contributed by atoms with E-state index in [1.54, 1.807) is 48.4 Å². The fourth-order valence-electron chi connectivity index (χ4n) is 4.17. The Morgan fingerprint density at radius 3 is 2.74 bits per heavy atom. The predicted molar refractivity (Wildman–Crippen MR) is 129 cm³/mol. The Hall–Kier alpha value is -3.46.